The fraction of sp³-hybridized carbons (Fsp3) is 0.889. The third-order valence-electron chi connectivity index (χ3n) is 5.74. The molecule has 5 nitrogen and oxygen atoms in total. The van der Waals surface area contributed by atoms with E-state index in [1.165, 1.54) is 12.8 Å². The van der Waals surface area contributed by atoms with Gasteiger partial charge in [-0.15, -0.1) is 0 Å². The third-order valence-corrected chi connectivity index (χ3v) is 5.74. The van der Waals surface area contributed by atoms with Crippen molar-refractivity contribution in [2.45, 2.75) is 71.4 Å². The van der Waals surface area contributed by atoms with E-state index in [4.69, 9.17) is 0 Å². The van der Waals surface area contributed by atoms with Gasteiger partial charge in [0.05, 0.1) is 12.0 Å². The monoisotopic (exact) mass is 324 g/mol. The number of aliphatic hydroxyl groups excluding tert-OH is 1. The van der Waals surface area contributed by atoms with Crippen LogP contribution in [0.15, 0.2) is 0 Å². The summed E-state index contributed by atoms with van der Waals surface area (Å²) in [7, 11) is 0. The van der Waals surface area contributed by atoms with Gasteiger partial charge in [0.1, 0.15) is 0 Å². The first kappa shape index (κ1) is 18.2. The van der Waals surface area contributed by atoms with E-state index in [9.17, 15) is 14.7 Å². The quantitative estimate of drug-likeness (QED) is 0.784. The van der Waals surface area contributed by atoms with Crippen molar-refractivity contribution in [1.29, 1.82) is 0 Å². The smallest absolute Gasteiger partial charge is 0.225 e. The molecule has 2 fully saturated rings. The number of nitrogens with one attached hydrogen (secondary N) is 1. The molecule has 1 aliphatic carbocycles. The normalized spacial score (nSPS) is 31.0. The van der Waals surface area contributed by atoms with Crippen LogP contribution in [0.5, 0.6) is 0 Å². The molecule has 3 atom stereocenters. The average molecular weight is 324 g/mol. The van der Waals surface area contributed by atoms with Crippen LogP contribution < -0.4 is 5.32 Å². The van der Waals surface area contributed by atoms with Crippen molar-refractivity contribution >= 4 is 11.8 Å². The van der Waals surface area contributed by atoms with Gasteiger partial charge in [0, 0.05) is 25.6 Å². The van der Waals surface area contributed by atoms with Gasteiger partial charge in [-0.1, -0.05) is 27.2 Å². The van der Waals surface area contributed by atoms with E-state index in [2.05, 4.69) is 12.2 Å². The molecule has 0 radical (unpaired) electrons. The molecule has 3 unspecified atom stereocenters. The summed E-state index contributed by atoms with van der Waals surface area (Å²) < 4.78 is 0. The van der Waals surface area contributed by atoms with E-state index in [1.807, 2.05) is 18.7 Å². The minimum atomic E-state index is -0.517. The number of hydrogen-bond donors (Lipinski definition) is 2. The second kappa shape index (κ2) is 8.13. The molecule has 0 bridgehead atoms. The van der Waals surface area contributed by atoms with Gasteiger partial charge in [-0.3, -0.25) is 9.59 Å². The number of amides is 2. The number of nitrogens with zero attached hydrogens (tertiary/aromatic N) is 1. The first-order valence-electron chi connectivity index (χ1n) is 9.17. The highest BCUT2D eigenvalue weighted by Gasteiger charge is 2.38. The van der Waals surface area contributed by atoms with Crippen molar-refractivity contribution in [2.75, 3.05) is 13.1 Å². The molecule has 0 aromatic heterocycles. The number of carbonyl (C=O) groups excluding carboxylic acids is 2. The Morgan fingerprint density at radius 2 is 2.00 bits per heavy atom. The first-order valence-corrected chi connectivity index (χ1v) is 9.17. The Hall–Kier alpha value is -1.10. The maximum Gasteiger partial charge on any atom is 0.225 e. The van der Waals surface area contributed by atoms with Gasteiger partial charge < -0.3 is 15.3 Å². The van der Waals surface area contributed by atoms with Crippen molar-refractivity contribution in [3.8, 4) is 0 Å². The zero-order valence-corrected chi connectivity index (χ0v) is 14.8. The molecule has 1 aliphatic heterocycles. The predicted octanol–water partition coefficient (Wildman–Crippen LogP) is 1.94. The second-order valence-electron chi connectivity index (χ2n) is 7.56. The van der Waals surface area contributed by atoms with Crippen LogP contribution in [0, 0.1) is 17.8 Å². The van der Waals surface area contributed by atoms with Crippen LogP contribution in [-0.2, 0) is 9.59 Å². The maximum absolute atomic E-state index is 12.3. The average Bonchev–Trinajstić information content (AvgIpc) is 2.94. The largest absolute Gasteiger partial charge is 0.391 e. The van der Waals surface area contributed by atoms with Gasteiger partial charge in [-0.2, -0.15) is 0 Å². The first-order chi connectivity index (χ1) is 10.9. The number of rotatable bonds is 6. The van der Waals surface area contributed by atoms with Gasteiger partial charge in [0.25, 0.3) is 0 Å². The van der Waals surface area contributed by atoms with Crippen molar-refractivity contribution in [3.63, 3.8) is 0 Å². The van der Waals surface area contributed by atoms with Crippen LogP contribution in [0.2, 0.25) is 0 Å². The van der Waals surface area contributed by atoms with Crippen LogP contribution >= 0.6 is 0 Å². The van der Waals surface area contributed by atoms with E-state index in [0.29, 0.717) is 19.0 Å². The van der Waals surface area contributed by atoms with Crippen LogP contribution in [0.3, 0.4) is 0 Å². The Bertz CT molecular complexity index is 418. The highest BCUT2D eigenvalue weighted by Crippen LogP contribution is 2.31. The molecule has 1 heterocycles. The molecule has 5 heteroatoms. The molecular formula is C18H32N2O3. The molecule has 132 valence electrons. The topological polar surface area (TPSA) is 69.6 Å². The fourth-order valence-corrected chi connectivity index (χ4v) is 3.64. The second-order valence-corrected chi connectivity index (χ2v) is 7.56. The summed E-state index contributed by atoms with van der Waals surface area (Å²) in [6.07, 6.45) is 5.15. The van der Waals surface area contributed by atoms with Gasteiger partial charge >= 0.3 is 0 Å². The Balaban J connectivity index is 1.81. The van der Waals surface area contributed by atoms with E-state index < -0.39 is 6.10 Å². The maximum atomic E-state index is 12.3. The van der Waals surface area contributed by atoms with Gasteiger partial charge in [0.2, 0.25) is 11.8 Å². The summed E-state index contributed by atoms with van der Waals surface area (Å²) in [5.74, 6) is 0.692. The molecule has 0 aromatic rings. The number of carbonyl (C=O) groups is 2. The number of aliphatic hydroxyl groups is 1. The van der Waals surface area contributed by atoms with Gasteiger partial charge in [-0.25, -0.2) is 0 Å². The highest BCUT2D eigenvalue weighted by atomic mass is 16.3. The standard InChI is InChI=1S/C18H32N2O3/c1-4-13(3)16(21)10-19-18(23)14-9-17(22)20(11-14)15-7-5-12(2)6-8-15/h12-16,21H,4-11H2,1-3H3,(H,19,23). The van der Waals surface area contributed by atoms with Crippen LogP contribution in [0.1, 0.15) is 59.3 Å². The van der Waals surface area contributed by atoms with Crippen molar-refractivity contribution in [2.24, 2.45) is 17.8 Å². The summed E-state index contributed by atoms with van der Waals surface area (Å²) in [6, 6.07) is 0.321. The zero-order valence-electron chi connectivity index (χ0n) is 14.8. The summed E-state index contributed by atoms with van der Waals surface area (Å²) in [5, 5.41) is 12.8. The molecule has 0 spiro atoms. The Kier molecular flexibility index (Phi) is 6.45. The summed E-state index contributed by atoms with van der Waals surface area (Å²) in [6.45, 7) is 7.08. The van der Waals surface area contributed by atoms with Crippen molar-refractivity contribution in [3.05, 3.63) is 0 Å². The van der Waals surface area contributed by atoms with Crippen molar-refractivity contribution in [1.82, 2.24) is 10.2 Å². The molecule has 23 heavy (non-hydrogen) atoms. The van der Waals surface area contributed by atoms with E-state index >= 15 is 0 Å². The van der Waals surface area contributed by atoms with Crippen molar-refractivity contribution < 1.29 is 14.7 Å². The van der Waals surface area contributed by atoms with E-state index in [0.717, 1.165) is 25.2 Å². The molecule has 2 N–H and O–H groups in total. The summed E-state index contributed by atoms with van der Waals surface area (Å²) in [4.78, 5) is 26.5. The SMILES string of the molecule is CCC(C)C(O)CNC(=O)C1CC(=O)N(C2CCC(C)CC2)C1. The van der Waals surface area contributed by atoms with Crippen LogP contribution in [0.4, 0.5) is 0 Å². The number of likely N-dealkylation sites (tertiary alicyclic amines) is 1. The summed E-state index contributed by atoms with van der Waals surface area (Å²) >= 11 is 0. The Labute approximate surface area is 139 Å². The lowest BCUT2D eigenvalue weighted by atomic mass is 9.87. The minimum Gasteiger partial charge on any atom is -0.391 e. The van der Waals surface area contributed by atoms with Crippen LogP contribution in [0.25, 0.3) is 0 Å². The Morgan fingerprint density at radius 3 is 2.61 bits per heavy atom. The third kappa shape index (κ3) is 4.69. The minimum absolute atomic E-state index is 0.0904. The molecule has 2 aliphatic rings. The predicted molar refractivity (Wildman–Crippen MR) is 89.7 cm³/mol. The summed E-state index contributed by atoms with van der Waals surface area (Å²) in [5.41, 5.74) is 0. The Morgan fingerprint density at radius 1 is 1.35 bits per heavy atom. The van der Waals surface area contributed by atoms with E-state index in [-0.39, 0.29) is 30.2 Å². The lowest BCUT2D eigenvalue weighted by Crippen LogP contribution is -2.41. The van der Waals surface area contributed by atoms with E-state index in [1.54, 1.807) is 0 Å². The fourth-order valence-electron chi connectivity index (χ4n) is 3.64. The zero-order chi connectivity index (χ0) is 17.0. The molecule has 1 saturated carbocycles. The molecule has 2 amide bonds. The molecule has 1 saturated heterocycles. The molecular weight excluding hydrogens is 292 g/mol. The highest BCUT2D eigenvalue weighted by molar-refractivity contribution is 5.89. The lowest BCUT2D eigenvalue weighted by molar-refractivity contribution is -0.131. The van der Waals surface area contributed by atoms with Gasteiger partial charge in [0.15, 0.2) is 0 Å². The molecule has 0 aromatic carbocycles. The molecule has 2 rings (SSSR count). The van der Waals surface area contributed by atoms with Crippen LogP contribution in [-0.4, -0.2) is 47.1 Å². The lowest BCUT2D eigenvalue weighted by Gasteiger charge is -2.33. The number of hydrogen-bond acceptors (Lipinski definition) is 3. The van der Waals surface area contributed by atoms with Gasteiger partial charge in [-0.05, 0) is 37.5 Å².